The van der Waals surface area contributed by atoms with Crippen molar-refractivity contribution in [1.29, 1.82) is 0 Å². The Hall–Kier alpha value is -0.830. The Morgan fingerprint density at radius 2 is 2.07 bits per heavy atom. The molecule has 0 saturated heterocycles. The molecule has 0 amide bonds. The maximum absolute atomic E-state index is 6.01. The second-order valence-corrected chi connectivity index (χ2v) is 4.84. The predicted molar refractivity (Wildman–Crippen MR) is 61.8 cm³/mol. The summed E-state index contributed by atoms with van der Waals surface area (Å²) in [6.07, 6.45) is 6.42. The van der Waals surface area contributed by atoms with Crippen LogP contribution < -0.4 is 5.73 Å². The molecule has 3 heteroatoms. The van der Waals surface area contributed by atoms with Crippen molar-refractivity contribution in [3.05, 3.63) is 17.5 Å². The molecule has 1 saturated carbocycles. The summed E-state index contributed by atoms with van der Waals surface area (Å²) in [5, 5.41) is 4.44. The molecular weight excluding hydrogens is 186 g/mol. The van der Waals surface area contributed by atoms with E-state index in [4.69, 9.17) is 5.73 Å². The Balaban J connectivity index is 2.36. The Morgan fingerprint density at radius 3 is 2.53 bits per heavy atom. The van der Waals surface area contributed by atoms with Crippen molar-refractivity contribution in [1.82, 2.24) is 9.78 Å². The average Bonchev–Trinajstić information content (AvgIpc) is 2.59. The molecule has 0 unspecified atom stereocenters. The lowest BCUT2D eigenvalue weighted by Crippen LogP contribution is -2.38. The number of hydrogen-bond donors (Lipinski definition) is 1. The summed E-state index contributed by atoms with van der Waals surface area (Å²) in [5.74, 6) is 0. The molecule has 0 radical (unpaired) electrons. The van der Waals surface area contributed by atoms with Gasteiger partial charge in [-0.1, -0.05) is 19.3 Å². The number of rotatable bonds is 2. The van der Waals surface area contributed by atoms with E-state index in [1.165, 1.54) is 37.8 Å². The number of hydrogen-bond acceptors (Lipinski definition) is 2. The van der Waals surface area contributed by atoms with Crippen LogP contribution in [-0.4, -0.2) is 16.3 Å². The molecule has 0 bridgehead atoms. The summed E-state index contributed by atoms with van der Waals surface area (Å²) in [6.45, 7) is 2.81. The largest absolute Gasteiger partial charge is 0.330 e. The van der Waals surface area contributed by atoms with Crippen LogP contribution in [0.3, 0.4) is 0 Å². The Morgan fingerprint density at radius 1 is 1.40 bits per heavy atom. The molecule has 1 aromatic heterocycles. The Bertz CT molecular complexity index is 335. The zero-order chi connectivity index (χ0) is 10.9. The van der Waals surface area contributed by atoms with Gasteiger partial charge in [-0.3, -0.25) is 4.68 Å². The van der Waals surface area contributed by atoms with Gasteiger partial charge in [-0.15, -0.1) is 0 Å². The van der Waals surface area contributed by atoms with E-state index >= 15 is 0 Å². The van der Waals surface area contributed by atoms with Gasteiger partial charge in [0.25, 0.3) is 0 Å². The fourth-order valence-corrected chi connectivity index (χ4v) is 2.90. The first-order chi connectivity index (χ1) is 7.18. The SMILES string of the molecule is Cc1cc(C2(CN)CCCCC2)n(C)n1. The molecule has 1 aromatic rings. The van der Waals surface area contributed by atoms with Gasteiger partial charge in [0.15, 0.2) is 0 Å². The predicted octanol–water partition coefficient (Wildman–Crippen LogP) is 1.89. The van der Waals surface area contributed by atoms with Crippen LogP contribution in [0, 0.1) is 6.92 Å². The summed E-state index contributed by atoms with van der Waals surface area (Å²) in [7, 11) is 2.04. The smallest absolute Gasteiger partial charge is 0.0596 e. The van der Waals surface area contributed by atoms with Gasteiger partial charge in [0.05, 0.1) is 5.69 Å². The lowest BCUT2D eigenvalue weighted by Gasteiger charge is -2.36. The summed E-state index contributed by atoms with van der Waals surface area (Å²) >= 11 is 0. The van der Waals surface area contributed by atoms with E-state index in [9.17, 15) is 0 Å². The molecule has 0 aromatic carbocycles. The standard InChI is InChI=1S/C12H21N3/c1-10-8-11(15(2)14-10)12(9-13)6-4-3-5-7-12/h8H,3-7,9,13H2,1-2H3. The van der Waals surface area contributed by atoms with Gasteiger partial charge < -0.3 is 5.73 Å². The summed E-state index contributed by atoms with van der Waals surface area (Å²) in [6, 6.07) is 2.21. The first-order valence-corrected chi connectivity index (χ1v) is 5.89. The Kier molecular flexibility index (Phi) is 2.83. The van der Waals surface area contributed by atoms with E-state index < -0.39 is 0 Å². The first-order valence-electron chi connectivity index (χ1n) is 5.89. The number of aryl methyl sites for hydroxylation is 2. The molecule has 1 aliphatic carbocycles. The normalized spacial score (nSPS) is 20.5. The number of aromatic nitrogens is 2. The maximum atomic E-state index is 6.01. The van der Waals surface area contributed by atoms with Gasteiger partial charge in [-0.05, 0) is 25.8 Å². The average molecular weight is 207 g/mol. The molecular formula is C12H21N3. The van der Waals surface area contributed by atoms with Crippen molar-refractivity contribution in [3.63, 3.8) is 0 Å². The van der Waals surface area contributed by atoms with Crippen molar-refractivity contribution >= 4 is 0 Å². The van der Waals surface area contributed by atoms with Crippen molar-refractivity contribution in [2.24, 2.45) is 12.8 Å². The molecule has 2 N–H and O–H groups in total. The quantitative estimate of drug-likeness (QED) is 0.804. The Labute approximate surface area is 91.7 Å². The van der Waals surface area contributed by atoms with Gasteiger partial charge in [0, 0.05) is 24.7 Å². The lowest BCUT2D eigenvalue weighted by molar-refractivity contribution is 0.284. The minimum atomic E-state index is 0.203. The minimum Gasteiger partial charge on any atom is -0.330 e. The fraction of sp³-hybridized carbons (Fsp3) is 0.750. The zero-order valence-corrected chi connectivity index (χ0v) is 9.79. The van der Waals surface area contributed by atoms with Crippen molar-refractivity contribution in [2.45, 2.75) is 44.4 Å². The molecule has 1 heterocycles. The molecule has 15 heavy (non-hydrogen) atoms. The van der Waals surface area contributed by atoms with E-state index in [2.05, 4.69) is 18.1 Å². The van der Waals surface area contributed by atoms with E-state index in [-0.39, 0.29) is 5.41 Å². The molecule has 0 atom stereocenters. The molecule has 1 fully saturated rings. The third-order valence-corrected chi connectivity index (χ3v) is 3.75. The van der Waals surface area contributed by atoms with Crippen LogP contribution in [-0.2, 0) is 12.5 Å². The fourth-order valence-electron chi connectivity index (χ4n) is 2.90. The molecule has 1 aliphatic rings. The third-order valence-electron chi connectivity index (χ3n) is 3.75. The monoisotopic (exact) mass is 207 g/mol. The van der Waals surface area contributed by atoms with Crippen LogP contribution in [0.4, 0.5) is 0 Å². The van der Waals surface area contributed by atoms with Crippen LogP contribution >= 0.6 is 0 Å². The molecule has 2 rings (SSSR count). The zero-order valence-electron chi connectivity index (χ0n) is 9.79. The van der Waals surface area contributed by atoms with E-state index in [0.717, 1.165) is 12.2 Å². The van der Waals surface area contributed by atoms with Crippen LogP contribution in [0.2, 0.25) is 0 Å². The highest BCUT2D eigenvalue weighted by atomic mass is 15.3. The topological polar surface area (TPSA) is 43.8 Å². The molecule has 84 valence electrons. The number of nitrogens with zero attached hydrogens (tertiary/aromatic N) is 2. The van der Waals surface area contributed by atoms with Crippen LogP contribution in [0.25, 0.3) is 0 Å². The maximum Gasteiger partial charge on any atom is 0.0596 e. The van der Waals surface area contributed by atoms with Gasteiger partial charge >= 0.3 is 0 Å². The van der Waals surface area contributed by atoms with E-state index in [1.54, 1.807) is 0 Å². The van der Waals surface area contributed by atoms with Gasteiger partial charge in [0.2, 0.25) is 0 Å². The number of nitrogens with two attached hydrogens (primary N) is 1. The van der Waals surface area contributed by atoms with Crippen molar-refractivity contribution in [3.8, 4) is 0 Å². The summed E-state index contributed by atoms with van der Waals surface area (Å²) in [5.41, 5.74) is 8.65. The highest BCUT2D eigenvalue weighted by molar-refractivity contribution is 5.21. The van der Waals surface area contributed by atoms with E-state index in [0.29, 0.717) is 0 Å². The van der Waals surface area contributed by atoms with Crippen LogP contribution in [0.15, 0.2) is 6.07 Å². The van der Waals surface area contributed by atoms with Gasteiger partial charge in [-0.25, -0.2) is 0 Å². The second kappa shape index (κ2) is 3.97. The first kappa shape index (κ1) is 10.7. The molecule has 0 spiro atoms. The minimum absolute atomic E-state index is 0.203. The van der Waals surface area contributed by atoms with Crippen molar-refractivity contribution < 1.29 is 0 Å². The highest BCUT2D eigenvalue weighted by Gasteiger charge is 2.35. The van der Waals surface area contributed by atoms with Gasteiger partial charge in [-0.2, -0.15) is 5.10 Å². The van der Waals surface area contributed by atoms with Crippen LogP contribution in [0.5, 0.6) is 0 Å². The van der Waals surface area contributed by atoms with Crippen molar-refractivity contribution in [2.75, 3.05) is 6.54 Å². The highest BCUT2D eigenvalue weighted by Crippen LogP contribution is 2.38. The molecule has 0 aliphatic heterocycles. The summed E-state index contributed by atoms with van der Waals surface area (Å²) < 4.78 is 2.02. The van der Waals surface area contributed by atoms with Gasteiger partial charge in [0.1, 0.15) is 0 Å². The third kappa shape index (κ3) is 1.81. The second-order valence-electron chi connectivity index (χ2n) is 4.84. The van der Waals surface area contributed by atoms with Crippen LogP contribution in [0.1, 0.15) is 43.5 Å². The summed E-state index contributed by atoms with van der Waals surface area (Å²) in [4.78, 5) is 0. The molecule has 3 nitrogen and oxygen atoms in total. The lowest BCUT2D eigenvalue weighted by atomic mass is 9.71. The van der Waals surface area contributed by atoms with E-state index in [1.807, 2.05) is 11.7 Å².